The van der Waals surface area contributed by atoms with Crippen LogP contribution < -0.4 is 0 Å². The van der Waals surface area contributed by atoms with E-state index in [9.17, 15) is 0 Å². The molecule has 0 saturated carbocycles. The van der Waals surface area contributed by atoms with Crippen molar-refractivity contribution in [1.82, 2.24) is 4.90 Å². The summed E-state index contributed by atoms with van der Waals surface area (Å²) in [6.45, 7) is 2.48. The van der Waals surface area contributed by atoms with Crippen LogP contribution in [0.4, 0.5) is 0 Å². The van der Waals surface area contributed by atoms with E-state index in [-0.39, 0.29) is 40.1 Å². The first-order chi connectivity index (χ1) is 3.39. The zero-order chi connectivity index (χ0) is 5.11. The molecule has 1 nitrogen and oxygen atoms in total. The summed E-state index contributed by atoms with van der Waals surface area (Å²) in [4.78, 5) is 2.34. The van der Waals surface area contributed by atoms with E-state index in [0.717, 1.165) is 0 Å². The van der Waals surface area contributed by atoms with Gasteiger partial charge >= 0.3 is 0 Å². The predicted molar refractivity (Wildman–Crippen MR) is 37.4 cm³/mol. The summed E-state index contributed by atoms with van der Waals surface area (Å²) in [5, 5.41) is 0. The number of piperidine rings is 1. The second-order valence-corrected chi connectivity index (χ2v) is 2.19. The molecular formula is C7H15NY-2. The van der Waals surface area contributed by atoms with E-state index in [1.165, 1.54) is 25.9 Å². The van der Waals surface area contributed by atoms with Crippen LogP contribution >= 0.6 is 0 Å². The van der Waals surface area contributed by atoms with Gasteiger partial charge < -0.3 is 18.7 Å². The average molecular weight is 202 g/mol. The first-order valence-electron chi connectivity index (χ1n) is 2.90. The third-order valence-corrected chi connectivity index (χ3v) is 1.39. The first kappa shape index (κ1) is 12.7. The molecule has 2 heteroatoms. The molecule has 1 heterocycles. The van der Waals surface area contributed by atoms with Crippen LogP contribution in [0.15, 0.2) is 0 Å². The van der Waals surface area contributed by atoms with Crippen LogP contribution in [0.3, 0.4) is 0 Å². The Labute approximate surface area is 84.1 Å². The number of hydrogen-bond acceptors (Lipinski definition) is 1. The molecule has 1 fully saturated rings. The summed E-state index contributed by atoms with van der Waals surface area (Å²) < 4.78 is 0. The molecule has 1 aliphatic rings. The van der Waals surface area contributed by atoms with Crippen molar-refractivity contribution >= 4 is 0 Å². The fourth-order valence-corrected chi connectivity index (χ4v) is 0.909. The molecule has 1 saturated heterocycles. The van der Waals surface area contributed by atoms with Gasteiger partial charge in [-0.3, -0.25) is 0 Å². The molecule has 9 heavy (non-hydrogen) atoms. The van der Waals surface area contributed by atoms with Gasteiger partial charge in [0.2, 0.25) is 0 Å². The Bertz CT molecular complexity index is 50.9. The molecule has 1 aliphatic heterocycles. The summed E-state index contributed by atoms with van der Waals surface area (Å²) in [7, 11) is 2.16. The van der Waals surface area contributed by atoms with E-state index in [1.807, 2.05) is 0 Å². The van der Waals surface area contributed by atoms with Crippen molar-refractivity contribution in [3.8, 4) is 0 Å². The van der Waals surface area contributed by atoms with Crippen LogP contribution in [0.5, 0.6) is 0 Å². The molecule has 0 aromatic carbocycles. The number of likely N-dealkylation sites (tertiary alicyclic amines) is 1. The Morgan fingerprint density at radius 1 is 1.44 bits per heavy atom. The molecule has 0 aromatic rings. The third kappa shape index (κ3) is 5.51. The molecule has 1 radical (unpaired) electrons. The largest absolute Gasteiger partial charge is 0.358 e. The fourth-order valence-electron chi connectivity index (χ4n) is 0.909. The summed E-state index contributed by atoms with van der Waals surface area (Å²) in [5.41, 5.74) is 0. The standard InChI is InChI=1S/C6H12N.CH3.Y/c1-7-5-3-2-4-6-7;;/h3H,2,4-6H2,1H3;1H3;/q2*-1;. The van der Waals surface area contributed by atoms with Crippen molar-refractivity contribution in [2.45, 2.75) is 12.8 Å². The molecule has 53 valence electrons. The van der Waals surface area contributed by atoms with Crippen LogP contribution in [-0.2, 0) is 32.7 Å². The normalized spacial score (nSPS) is 19.7. The van der Waals surface area contributed by atoms with Gasteiger partial charge in [0.25, 0.3) is 0 Å². The zero-order valence-electron chi connectivity index (χ0n) is 6.43. The van der Waals surface area contributed by atoms with Gasteiger partial charge in [0.05, 0.1) is 0 Å². The maximum Gasteiger partial charge on any atom is 0 e. The summed E-state index contributed by atoms with van der Waals surface area (Å²) in [5.74, 6) is 0. The summed E-state index contributed by atoms with van der Waals surface area (Å²) in [6, 6.07) is 0. The van der Waals surface area contributed by atoms with Crippen molar-refractivity contribution < 1.29 is 32.7 Å². The molecule has 0 aromatic heterocycles. The van der Waals surface area contributed by atoms with Crippen LogP contribution in [-0.4, -0.2) is 25.0 Å². The minimum Gasteiger partial charge on any atom is -0.358 e. The molecule has 0 bridgehead atoms. The van der Waals surface area contributed by atoms with E-state index in [4.69, 9.17) is 0 Å². The topological polar surface area (TPSA) is 3.24 Å². The van der Waals surface area contributed by atoms with E-state index >= 15 is 0 Å². The molecule has 0 atom stereocenters. The Balaban J connectivity index is 0. The Morgan fingerprint density at radius 3 is 2.33 bits per heavy atom. The predicted octanol–water partition coefficient (Wildman–Crippen LogP) is 1.36. The van der Waals surface area contributed by atoms with E-state index < -0.39 is 0 Å². The average Bonchev–Trinajstić information content (AvgIpc) is 1.69. The number of rotatable bonds is 0. The van der Waals surface area contributed by atoms with Gasteiger partial charge in [0.1, 0.15) is 0 Å². The maximum atomic E-state index is 2.34. The van der Waals surface area contributed by atoms with Gasteiger partial charge in [-0.1, -0.05) is 6.42 Å². The smallest absolute Gasteiger partial charge is 0 e. The molecule has 0 amide bonds. The Kier molecular flexibility index (Phi) is 10.1. The van der Waals surface area contributed by atoms with Gasteiger partial charge in [-0.15, -0.1) is 6.54 Å². The van der Waals surface area contributed by atoms with Crippen LogP contribution in [0.25, 0.3) is 0 Å². The molecule has 0 unspecified atom stereocenters. The number of hydrogen-bond donors (Lipinski definition) is 0. The van der Waals surface area contributed by atoms with Crippen molar-refractivity contribution in [3.63, 3.8) is 0 Å². The second-order valence-electron chi connectivity index (χ2n) is 2.19. The van der Waals surface area contributed by atoms with Gasteiger partial charge in [0.15, 0.2) is 0 Å². The van der Waals surface area contributed by atoms with Gasteiger partial charge in [-0.2, -0.15) is 6.42 Å². The SMILES string of the molecule is CN1C[CH-]CCC1.[CH3-].[Y]. The second kappa shape index (κ2) is 7.17. The molecule has 1 rings (SSSR count). The van der Waals surface area contributed by atoms with Crippen LogP contribution in [0, 0.1) is 13.8 Å². The fraction of sp³-hybridized carbons (Fsp3) is 0.714. The van der Waals surface area contributed by atoms with Gasteiger partial charge in [0, 0.05) is 32.7 Å². The summed E-state index contributed by atoms with van der Waals surface area (Å²) in [6.07, 6.45) is 5.02. The maximum absolute atomic E-state index is 2.34. The number of nitrogens with zero attached hydrogens (tertiary/aromatic N) is 1. The molecule has 0 aliphatic carbocycles. The molecule has 0 spiro atoms. The van der Waals surface area contributed by atoms with E-state index in [2.05, 4.69) is 18.4 Å². The van der Waals surface area contributed by atoms with Crippen molar-refractivity contribution in [2.75, 3.05) is 20.1 Å². The van der Waals surface area contributed by atoms with Gasteiger partial charge in [-0.05, 0) is 13.6 Å². The van der Waals surface area contributed by atoms with E-state index in [1.54, 1.807) is 0 Å². The van der Waals surface area contributed by atoms with Crippen molar-refractivity contribution in [3.05, 3.63) is 13.8 Å². The van der Waals surface area contributed by atoms with Crippen molar-refractivity contribution in [1.29, 1.82) is 0 Å². The van der Waals surface area contributed by atoms with Crippen LogP contribution in [0.1, 0.15) is 12.8 Å². The first-order valence-corrected chi connectivity index (χ1v) is 2.90. The third-order valence-electron chi connectivity index (χ3n) is 1.39. The zero-order valence-corrected chi connectivity index (χ0v) is 9.27. The Morgan fingerprint density at radius 2 is 2.11 bits per heavy atom. The van der Waals surface area contributed by atoms with Gasteiger partial charge in [-0.25, -0.2) is 0 Å². The van der Waals surface area contributed by atoms with Crippen LogP contribution in [0.2, 0.25) is 0 Å². The summed E-state index contributed by atoms with van der Waals surface area (Å²) >= 11 is 0. The Hall–Kier alpha value is 1.06. The molecular weight excluding hydrogens is 187 g/mol. The minimum atomic E-state index is 0. The van der Waals surface area contributed by atoms with E-state index in [0.29, 0.717) is 0 Å². The molecule has 0 N–H and O–H groups in total. The quantitative estimate of drug-likeness (QED) is 0.536. The minimum absolute atomic E-state index is 0. The monoisotopic (exact) mass is 202 g/mol. The van der Waals surface area contributed by atoms with Crippen molar-refractivity contribution in [2.24, 2.45) is 0 Å².